The fourth-order valence-electron chi connectivity index (χ4n) is 4.43. The van der Waals surface area contributed by atoms with Crippen molar-refractivity contribution in [3.8, 4) is 11.8 Å². The minimum absolute atomic E-state index is 0.0463. The number of aromatic amines is 1. The molecule has 5 heterocycles. The van der Waals surface area contributed by atoms with Crippen molar-refractivity contribution >= 4 is 44.6 Å². The summed E-state index contributed by atoms with van der Waals surface area (Å²) in [6.07, 6.45) is 4.16. The van der Waals surface area contributed by atoms with Crippen LogP contribution in [0, 0.1) is 5.82 Å². The van der Waals surface area contributed by atoms with Gasteiger partial charge < -0.3 is 30.2 Å². The number of pyridine rings is 1. The van der Waals surface area contributed by atoms with Crippen molar-refractivity contribution in [2.24, 2.45) is 12.8 Å². The average Bonchev–Trinajstić information content (AvgIpc) is 3.49. The third-order valence-electron chi connectivity index (χ3n) is 6.01. The number of nitrogens with one attached hydrogen (secondary N) is 2. The Labute approximate surface area is 187 Å². The number of nitrogens with two attached hydrogens (primary N) is 1. The van der Waals surface area contributed by atoms with Crippen LogP contribution in [0.4, 0.5) is 15.9 Å². The lowest BCUT2D eigenvalue weighted by Gasteiger charge is -2.18. The standard InChI is InChI=1S/C22H22FN9O/c1-25-15-6-11(23)5-14-17-19(28-18(14)15)29-22(30-21(17)32-4-3-12(24)9-32)33-13-7-16-20(26-8-13)31(2)10-27-16/h5-8,10,12,25H,3-4,9,24H2,1-2H3,(H,28,29,30)/t12-/m0/s1. The molecule has 0 unspecified atom stereocenters. The molecule has 1 aromatic carbocycles. The molecule has 0 radical (unpaired) electrons. The molecular formula is C22H22FN9O. The Kier molecular flexibility index (Phi) is 4.34. The van der Waals surface area contributed by atoms with E-state index in [0.717, 1.165) is 29.5 Å². The van der Waals surface area contributed by atoms with Crippen molar-refractivity contribution in [1.29, 1.82) is 0 Å². The zero-order valence-electron chi connectivity index (χ0n) is 18.1. The van der Waals surface area contributed by atoms with Gasteiger partial charge in [0.25, 0.3) is 0 Å². The lowest BCUT2D eigenvalue weighted by Crippen LogP contribution is -2.27. The number of nitrogens with zero attached hydrogens (tertiary/aromatic N) is 6. The maximum absolute atomic E-state index is 14.4. The summed E-state index contributed by atoms with van der Waals surface area (Å²) in [5.74, 6) is 0.795. The third kappa shape index (κ3) is 3.20. The van der Waals surface area contributed by atoms with Gasteiger partial charge in [0.05, 0.1) is 29.1 Å². The highest BCUT2D eigenvalue weighted by molar-refractivity contribution is 6.14. The van der Waals surface area contributed by atoms with Crippen molar-refractivity contribution in [3.63, 3.8) is 0 Å². The molecule has 1 aliphatic rings. The second-order valence-electron chi connectivity index (χ2n) is 8.27. The summed E-state index contributed by atoms with van der Waals surface area (Å²) in [6.45, 7) is 1.39. The van der Waals surface area contributed by atoms with E-state index in [4.69, 9.17) is 15.5 Å². The predicted molar refractivity (Wildman–Crippen MR) is 124 cm³/mol. The lowest BCUT2D eigenvalue weighted by molar-refractivity contribution is 0.443. The van der Waals surface area contributed by atoms with Gasteiger partial charge in [0.2, 0.25) is 0 Å². The van der Waals surface area contributed by atoms with Crippen molar-refractivity contribution in [3.05, 3.63) is 36.5 Å². The SMILES string of the molecule is CNc1cc(F)cc2c1[nH]c1nc(Oc3cnc4c(c3)ncn4C)nc(N3CC[C@H](N)C3)c12. The van der Waals surface area contributed by atoms with E-state index in [0.29, 0.717) is 40.3 Å². The van der Waals surface area contributed by atoms with Gasteiger partial charge in [0.15, 0.2) is 11.4 Å². The van der Waals surface area contributed by atoms with Crippen molar-refractivity contribution in [2.45, 2.75) is 12.5 Å². The lowest BCUT2D eigenvalue weighted by atomic mass is 10.1. The highest BCUT2D eigenvalue weighted by Gasteiger charge is 2.26. The van der Waals surface area contributed by atoms with Crippen molar-refractivity contribution < 1.29 is 9.13 Å². The van der Waals surface area contributed by atoms with Gasteiger partial charge in [-0.15, -0.1) is 0 Å². The van der Waals surface area contributed by atoms with Gasteiger partial charge in [-0.1, -0.05) is 0 Å². The number of hydrogen-bond donors (Lipinski definition) is 3. The van der Waals surface area contributed by atoms with Crippen molar-refractivity contribution in [2.75, 3.05) is 30.4 Å². The van der Waals surface area contributed by atoms with Crippen LogP contribution in [-0.2, 0) is 7.05 Å². The van der Waals surface area contributed by atoms with Crippen LogP contribution in [-0.4, -0.2) is 55.7 Å². The van der Waals surface area contributed by atoms with Crippen LogP contribution < -0.4 is 20.7 Å². The average molecular weight is 447 g/mol. The smallest absolute Gasteiger partial charge is 0.326 e. The fourth-order valence-corrected chi connectivity index (χ4v) is 4.43. The summed E-state index contributed by atoms with van der Waals surface area (Å²) in [4.78, 5) is 23.5. The van der Waals surface area contributed by atoms with Gasteiger partial charge in [-0.05, 0) is 18.6 Å². The van der Waals surface area contributed by atoms with Gasteiger partial charge >= 0.3 is 6.01 Å². The Morgan fingerprint density at radius 3 is 2.91 bits per heavy atom. The Bertz CT molecular complexity index is 1530. The van der Waals surface area contributed by atoms with Crippen LogP contribution in [0.25, 0.3) is 33.1 Å². The van der Waals surface area contributed by atoms with E-state index in [1.54, 1.807) is 25.6 Å². The maximum Gasteiger partial charge on any atom is 0.326 e. The predicted octanol–water partition coefficient (Wildman–Crippen LogP) is 2.90. The summed E-state index contributed by atoms with van der Waals surface area (Å²) in [7, 11) is 3.63. The summed E-state index contributed by atoms with van der Waals surface area (Å²) < 4.78 is 22.2. The Balaban J connectivity index is 1.52. The summed E-state index contributed by atoms with van der Waals surface area (Å²) in [6, 6.07) is 4.94. The molecule has 0 saturated carbocycles. The molecule has 10 nitrogen and oxygen atoms in total. The second-order valence-corrected chi connectivity index (χ2v) is 8.27. The zero-order valence-corrected chi connectivity index (χ0v) is 18.1. The monoisotopic (exact) mass is 447 g/mol. The van der Waals surface area contributed by atoms with Crippen LogP contribution in [0.1, 0.15) is 6.42 Å². The van der Waals surface area contributed by atoms with Crippen LogP contribution in [0.2, 0.25) is 0 Å². The Hall–Kier alpha value is -3.99. The first kappa shape index (κ1) is 19.7. The van der Waals surface area contributed by atoms with E-state index in [-0.39, 0.29) is 17.9 Å². The molecule has 11 heteroatoms. The molecule has 0 amide bonds. The normalized spacial score (nSPS) is 16.4. The quantitative estimate of drug-likeness (QED) is 0.384. The highest BCUT2D eigenvalue weighted by Crippen LogP contribution is 2.38. The number of halogens is 1. The molecule has 0 bridgehead atoms. The number of benzene rings is 1. The third-order valence-corrected chi connectivity index (χ3v) is 6.01. The van der Waals surface area contributed by atoms with E-state index >= 15 is 0 Å². The van der Waals surface area contributed by atoms with Crippen LogP contribution in [0.3, 0.4) is 0 Å². The number of rotatable bonds is 4. The number of imidazole rings is 1. The van der Waals surface area contributed by atoms with Crippen LogP contribution in [0.5, 0.6) is 11.8 Å². The molecule has 168 valence electrons. The molecule has 0 spiro atoms. The fraction of sp³-hybridized carbons (Fsp3) is 0.273. The number of fused-ring (bicyclic) bond motifs is 4. The van der Waals surface area contributed by atoms with Crippen LogP contribution >= 0.6 is 0 Å². The summed E-state index contributed by atoms with van der Waals surface area (Å²) in [5.41, 5.74) is 9.58. The topological polar surface area (TPSA) is 123 Å². The highest BCUT2D eigenvalue weighted by atomic mass is 19.1. The van der Waals surface area contributed by atoms with Crippen LogP contribution in [0.15, 0.2) is 30.7 Å². The second kappa shape index (κ2) is 7.27. The van der Waals surface area contributed by atoms with E-state index in [9.17, 15) is 4.39 Å². The summed E-state index contributed by atoms with van der Waals surface area (Å²) >= 11 is 0. The number of aromatic nitrogens is 6. The maximum atomic E-state index is 14.4. The van der Waals surface area contributed by atoms with E-state index < -0.39 is 0 Å². The first-order chi connectivity index (χ1) is 16.0. The molecule has 4 N–H and O–H groups in total. The van der Waals surface area contributed by atoms with Gasteiger partial charge in [-0.2, -0.15) is 9.97 Å². The van der Waals surface area contributed by atoms with E-state index in [1.165, 1.54) is 12.1 Å². The Morgan fingerprint density at radius 1 is 1.24 bits per heavy atom. The number of ether oxygens (including phenoxy) is 1. The Morgan fingerprint density at radius 2 is 2.12 bits per heavy atom. The minimum Gasteiger partial charge on any atom is -0.422 e. The van der Waals surface area contributed by atoms with E-state index in [1.807, 2.05) is 11.6 Å². The van der Waals surface area contributed by atoms with Gasteiger partial charge in [-0.25, -0.2) is 14.4 Å². The minimum atomic E-state index is -0.341. The molecule has 0 aliphatic carbocycles. The molecular weight excluding hydrogens is 425 g/mol. The molecule has 33 heavy (non-hydrogen) atoms. The number of H-pyrrole nitrogens is 1. The zero-order chi connectivity index (χ0) is 22.7. The molecule has 1 saturated heterocycles. The largest absolute Gasteiger partial charge is 0.422 e. The first-order valence-electron chi connectivity index (χ1n) is 10.7. The number of hydrogen-bond acceptors (Lipinski definition) is 8. The first-order valence-corrected chi connectivity index (χ1v) is 10.7. The molecule has 6 rings (SSSR count). The van der Waals surface area contributed by atoms with Gasteiger partial charge in [-0.3, -0.25) is 0 Å². The number of aryl methyl sites for hydroxylation is 1. The molecule has 1 fully saturated rings. The van der Waals surface area contributed by atoms with Gasteiger partial charge in [0, 0.05) is 44.7 Å². The van der Waals surface area contributed by atoms with Crippen molar-refractivity contribution in [1.82, 2.24) is 29.5 Å². The molecule has 5 aromatic rings. The van der Waals surface area contributed by atoms with Gasteiger partial charge in [0.1, 0.15) is 22.8 Å². The molecule has 1 aliphatic heterocycles. The molecule has 1 atom stereocenters. The van der Waals surface area contributed by atoms with E-state index in [2.05, 4.69) is 30.2 Å². The number of anilines is 2. The summed E-state index contributed by atoms with van der Waals surface area (Å²) in [5, 5.41) is 4.48. The molecule has 4 aromatic heterocycles.